The highest BCUT2D eigenvalue weighted by Crippen LogP contribution is 2.11. The second-order valence-corrected chi connectivity index (χ2v) is 8.60. The molecule has 0 radical (unpaired) electrons. The van der Waals surface area contributed by atoms with Gasteiger partial charge in [-0.3, -0.25) is 4.79 Å². The number of carbonyl (C=O) groups is 3. The van der Waals surface area contributed by atoms with Crippen LogP contribution in [0.1, 0.15) is 36.0 Å². The molecule has 3 amide bonds. The number of rotatable bonds is 12. The topological polar surface area (TPSA) is 106 Å². The Morgan fingerprint density at radius 3 is 1.89 bits per heavy atom. The average Bonchev–Trinajstić information content (AvgIpc) is 2.92. The number of hydrogen-bond acceptors (Lipinski definition) is 5. The molecule has 0 aliphatic carbocycles. The van der Waals surface area contributed by atoms with Crippen molar-refractivity contribution in [3.8, 4) is 0 Å². The fourth-order valence-corrected chi connectivity index (χ4v) is 3.48. The fraction of sp³-hybridized carbons (Fsp3) is 0.276. The fourth-order valence-electron chi connectivity index (χ4n) is 3.48. The minimum absolute atomic E-state index is 0.105. The highest BCUT2D eigenvalue weighted by Gasteiger charge is 2.21. The summed E-state index contributed by atoms with van der Waals surface area (Å²) in [6.07, 6.45) is 0.397. The molecule has 0 fully saturated rings. The van der Waals surface area contributed by atoms with Crippen molar-refractivity contribution < 1.29 is 23.9 Å². The van der Waals surface area contributed by atoms with Gasteiger partial charge in [0, 0.05) is 12.2 Å². The number of anilines is 1. The zero-order valence-corrected chi connectivity index (χ0v) is 20.9. The molecule has 3 rings (SSSR count). The van der Waals surface area contributed by atoms with E-state index in [1.54, 1.807) is 0 Å². The van der Waals surface area contributed by atoms with Crippen molar-refractivity contribution in [1.82, 2.24) is 10.6 Å². The summed E-state index contributed by atoms with van der Waals surface area (Å²) in [6.45, 7) is 2.65. The van der Waals surface area contributed by atoms with Crippen LogP contribution in [-0.2, 0) is 27.5 Å². The number of unbranched alkanes of at least 4 members (excludes halogenated alkanes) is 1. The van der Waals surface area contributed by atoms with Gasteiger partial charge in [0.05, 0.1) is 0 Å². The van der Waals surface area contributed by atoms with E-state index in [9.17, 15) is 14.4 Å². The molecule has 8 heteroatoms. The summed E-state index contributed by atoms with van der Waals surface area (Å²) in [5, 5.41) is 8.22. The lowest BCUT2D eigenvalue weighted by Gasteiger charge is -2.18. The van der Waals surface area contributed by atoms with E-state index in [0.717, 1.165) is 16.7 Å². The molecule has 3 aromatic carbocycles. The Hall–Kier alpha value is -4.33. The molecule has 1 atom stereocenters. The minimum atomic E-state index is -0.797. The highest BCUT2D eigenvalue weighted by molar-refractivity contribution is 5.96. The Morgan fingerprint density at radius 1 is 0.730 bits per heavy atom. The van der Waals surface area contributed by atoms with Gasteiger partial charge < -0.3 is 25.4 Å². The van der Waals surface area contributed by atoms with Crippen LogP contribution >= 0.6 is 0 Å². The van der Waals surface area contributed by atoms with Gasteiger partial charge in [-0.1, -0.05) is 78.4 Å². The number of hydrogen-bond donors (Lipinski definition) is 3. The van der Waals surface area contributed by atoms with Gasteiger partial charge in [0.25, 0.3) is 0 Å². The Morgan fingerprint density at radius 2 is 1.30 bits per heavy atom. The summed E-state index contributed by atoms with van der Waals surface area (Å²) in [5.74, 6) is -0.337. The van der Waals surface area contributed by atoms with Crippen molar-refractivity contribution in [2.24, 2.45) is 0 Å². The third-order valence-electron chi connectivity index (χ3n) is 5.54. The Balaban J connectivity index is 1.45. The predicted octanol–water partition coefficient (Wildman–Crippen LogP) is 5.33. The van der Waals surface area contributed by atoms with Crippen LogP contribution in [0.2, 0.25) is 0 Å². The van der Waals surface area contributed by atoms with Crippen LogP contribution in [0.5, 0.6) is 0 Å². The summed E-state index contributed by atoms with van der Waals surface area (Å²) in [7, 11) is 0. The summed E-state index contributed by atoms with van der Waals surface area (Å²) in [6, 6.07) is 25.4. The summed E-state index contributed by atoms with van der Waals surface area (Å²) in [4.78, 5) is 37.2. The first kappa shape index (κ1) is 27.3. The molecular weight excluding hydrogens is 470 g/mol. The van der Waals surface area contributed by atoms with Gasteiger partial charge in [-0.2, -0.15) is 0 Å². The molecule has 0 saturated heterocycles. The molecule has 0 spiro atoms. The molecule has 194 valence electrons. The minimum Gasteiger partial charge on any atom is -0.445 e. The van der Waals surface area contributed by atoms with Gasteiger partial charge in [-0.15, -0.1) is 0 Å². The molecule has 0 aromatic heterocycles. The first-order valence-corrected chi connectivity index (χ1v) is 12.3. The van der Waals surface area contributed by atoms with Crippen LogP contribution in [0.25, 0.3) is 0 Å². The van der Waals surface area contributed by atoms with Gasteiger partial charge in [-0.25, -0.2) is 9.59 Å². The second kappa shape index (κ2) is 14.9. The maximum atomic E-state index is 12.9. The number of amides is 3. The molecule has 0 aliphatic heterocycles. The lowest BCUT2D eigenvalue weighted by atomic mass is 10.1. The van der Waals surface area contributed by atoms with Crippen LogP contribution in [0.4, 0.5) is 15.3 Å². The number of benzene rings is 3. The SMILES string of the molecule is Cc1ccc(NC(=O)[C@@H](CCCCNC(=O)OCc2ccccc2)NC(=O)OCc2ccccc2)cc1. The van der Waals surface area contributed by atoms with Crippen molar-refractivity contribution in [3.63, 3.8) is 0 Å². The van der Waals surface area contributed by atoms with E-state index in [0.29, 0.717) is 31.5 Å². The van der Waals surface area contributed by atoms with Crippen LogP contribution < -0.4 is 16.0 Å². The zero-order valence-electron chi connectivity index (χ0n) is 20.9. The lowest BCUT2D eigenvalue weighted by Crippen LogP contribution is -2.44. The van der Waals surface area contributed by atoms with Gasteiger partial charge >= 0.3 is 12.2 Å². The highest BCUT2D eigenvalue weighted by atomic mass is 16.6. The Kier molecular flexibility index (Phi) is 11.0. The number of carbonyl (C=O) groups excluding carboxylic acids is 3. The Labute approximate surface area is 217 Å². The summed E-state index contributed by atoms with van der Waals surface area (Å²) >= 11 is 0. The predicted molar refractivity (Wildman–Crippen MR) is 142 cm³/mol. The molecule has 0 heterocycles. The third-order valence-corrected chi connectivity index (χ3v) is 5.54. The summed E-state index contributed by atoms with van der Waals surface area (Å²) in [5.41, 5.74) is 3.48. The largest absolute Gasteiger partial charge is 0.445 e. The van der Waals surface area contributed by atoms with Gasteiger partial charge in [-0.05, 0) is 49.4 Å². The molecule has 0 unspecified atom stereocenters. The van der Waals surface area contributed by atoms with Crippen molar-refractivity contribution >= 4 is 23.8 Å². The average molecular weight is 504 g/mol. The van der Waals surface area contributed by atoms with Crippen LogP contribution in [-0.4, -0.2) is 30.7 Å². The normalized spacial score (nSPS) is 11.2. The standard InChI is InChI=1S/C29H33N3O5/c1-22-15-17-25(18-16-22)31-27(33)26(32-29(35)37-21-24-12-6-3-7-13-24)14-8-9-19-30-28(34)36-20-23-10-4-2-5-11-23/h2-7,10-13,15-18,26H,8-9,14,19-21H2,1H3,(H,30,34)(H,31,33)(H,32,35)/t26-/m1/s1. The maximum absolute atomic E-state index is 12.9. The van der Waals surface area contributed by atoms with Crippen molar-refractivity contribution in [1.29, 1.82) is 0 Å². The van der Waals surface area contributed by atoms with Gasteiger partial charge in [0.2, 0.25) is 5.91 Å². The summed E-state index contributed by atoms with van der Waals surface area (Å²) < 4.78 is 10.5. The number of nitrogens with one attached hydrogen (secondary N) is 3. The van der Waals surface area contributed by atoms with E-state index in [1.165, 1.54) is 0 Å². The van der Waals surface area contributed by atoms with E-state index in [1.807, 2.05) is 91.9 Å². The number of alkyl carbamates (subject to hydrolysis) is 2. The molecule has 3 aromatic rings. The van der Waals surface area contributed by atoms with Crippen molar-refractivity contribution in [3.05, 3.63) is 102 Å². The van der Waals surface area contributed by atoms with E-state index in [-0.39, 0.29) is 19.1 Å². The van der Waals surface area contributed by atoms with Crippen LogP contribution in [0.3, 0.4) is 0 Å². The van der Waals surface area contributed by atoms with Crippen LogP contribution in [0.15, 0.2) is 84.9 Å². The lowest BCUT2D eigenvalue weighted by molar-refractivity contribution is -0.118. The van der Waals surface area contributed by atoms with Gasteiger partial charge in [0.1, 0.15) is 19.3 Å². The first-order chi connectivity index (χ1) is 18.0. The smallest absolute Gasteiger partial charge is 0.408 e. The molecule has 3 N–H and O–H groups in total. The van der Waals surface area contributed by atoms with E-state index in [4.69, 9.17) is 9.47 Å². The molecule has 8 nitrogen and oxygen atoms in total. The van der Waals surface area contributed by atoms with Crippen LogP contribution in [0, 0.1) is 6.92 Å². The third kappa shape index (κ3) is 10.4. The van der Waals surface area contributed by atoms with E-state index >= 15 is 0 Å². The maximum Gasteiger partial charge on any atom is 0.408 e. The molecule has 0 aliphatic rings. The molecule has 0 bridgehead atoms. The van der Waals surface area contributed by atoms with Crippen molar-refractivity contribution in [2.75, 3.05) is 11.9 Å². The quantitative estimate of drug-likeness (QED) is 0.290. The molecular formula is C29H33N3O5. The number of aryl methyl sites for hydroxylation is 1. The van der Waals surface area contributed by atoms with Crippen molar-refractivity contribution in [2.45, 2.75) is 45.4 Å². The van der Waals surface area contributed by atoms with Gasteiger partial charge in [0.15, 0.2) is 0 Å². The van der Waals surface area contributed by atoms with E-state index in [2.05, 4.69) is 16.0 Å². The first-order valence-electron chi connectivity index (χ1n) is 12.3. The van der Waals surface area contributed by atoms with E-state index < -0.39 is 18.2 Å². The Bertz CT molecular complexity index is 1120. The number of ether oxygens (including phenoxy) is 2. The molecule has 37 heavy (non-hydrogen) atoms. The molecule has 0 saturated carbocycles. The monoisotopic (exact) mass is 503 g/mol. The zero-order chi connectivity index (χ0) is 26.3. The second-order valence-electron chi connectivity index (χ2n) is 8.60.